The molecule has 2 atom stereocenters. The number of aliphatic hydroxyl groups is 2. The molecule has 1 amide bonds. The van der Waals surface area contributed by atoms with Gasteiger partial charge < -0.3 is 20.3 Å². The van der Waals surface area contributed by atoms with E-state index in [1.54, 1.807) is 0 Å². The van der Waals surface area contributed by atoms with Gasteiger partial charge in [0.2, 0.25) is 5.91 Å². The van der Waals surface area contributed by atoms with Crippen LogP contribution in [-0.4, -0.2) is 47.4 Å². The van der Waals surface area contributed by atoms with E-state index in [0.717, 1.165) is 57.8 Å². The summed E-state index contributed by atoms with van der Waals surface area (Å²) in [6.07, 6.45) is 74.1. The first-order valence-corrected chi connectivity index (χ1v) is 30.4. The van der Waals surface area contributed by atoms with Gasteiger partial charge in [-0.2, -0.15) is 0 Å². The van der Waals surface area contributed by atoms with Crippen LogP contribution < -0.4 is 5.32 Å². The van der Waals surface area contributed by atoms with Gasteiger partial charge in [0, 0.05) is 12.8 Å². The summed E-state index contributed by atoms with van der Waals surface area (Å²) in [6, 6.07) is -0.543. The average Bonchev–Trinajstić information content (AvgIpc) is 3.35. The molecule has 0 aliphatic heterocycles. The van der Waals surface area contributed by atoms with Crippen LogP contribution in [0.3, 0.4) is 0 Å². The lowest BCUT2D eigenvalue weighted by molar-refractivity contribution is -0.143. The van der Waals surface area contributed by atoms with Crippen molar-refractivity contribution in [3.8, 4) is 0 Å². The second-order valence-corrected chi connectivity index (χ2v) is 20.7. The van der Waals surface area contributed by atoms with Crippen LogP contribution in [-0.2, 0) is 14.3 Å². The Bertz CT molecular complexity index is 1160. The van der Waals surface area contributed by atoms with E-state index in [0.29, 0.717) is 25.9 Å². The lowest BCUT2D eigenvalue weighted by Crippen LogP contribution is -2.45. The van der Waals surface area contributed by atoms with E-state index < -0.39 is 12.1 Å². The Labute approximate surface area is 429 Å². The molecule has 3 N–H and O–H groups in total. The van der Waals surface area contributed by atoms with Gasteiger partial charge in [0.1, 0.15) is 0 Å². The fraction of sp³-hybridized carbons (Fsp3) is 0.841. The summed E-state index contributed by atoms with van der Waals surface area (Å²) in [4.78, 5) is 24.5. The number of rotatable bonds is 56. The van der Waals surface area contributed by atoms with Gasteiger partial charge in [-0.15, -0.1) is 0 Å². The first-order chi connectivity index (χ1) is 34.0. The molecule has 0 heterocycles. The van der Waals surface area contributed by atoms with E-state index in [4.69, 9.17) is 4.74 Å². The number of aliphatic hydroxyl groups excluding tert-OH is 2. The number of carbonyl (C=O) groups is 2. The smallest absolute Gasteiger partial charge is 0.305 e. The number of allylic oxidation sites excluding steroid dienone is 8. The number of hydrogen-bond acceptors (Lipinski definition) is 5. The zero-order chi connectivity index (χ0) is 50.0. The van der Waals surface area contributed by atoms with Gasteiger partial charge in [-0.3, -0.25) is 9.59 Å². The summed E-state index contributed by atoms with van der Waals surface area (Å²) < 4.78 is 5.46. The molecule has 0 bridgehead atoms. The molecule has 0 saturated carbocycles. The van der Waals surface area contributed by atoms with E-state index >= 15 is 0 Å². The SMILES string of the molecule is CCC/C=C\C/C=C\CCCCCCCC(=O)OCCCCCCCCCCC/C=C\C/C=C\CCCCCCCCCCCCCC(=O)NC(CO)C(O)CCCCCCCCCCCCCC. The predicted molar refractivity (Wildman–Crippen MR) is 301 cm³/mol. The first-order valence-electron chi connectivity index (χ1n) is 30.4. The van der Waals surface area contributed by atoms with Crippen LogP contribution >= 0.6 is 0 Å². The van der Waals surface area contributed by atoms with E-state index in [1.807, 2.05) is 0 Å². The van der Waals surface area contributed by atoms with E-state index in [1.165, 1.54) is 225 Å². The van der Waals surface area contributed by atoms with E-state index in [9.17, 15) is 19.8 Å². The van der Waals surface area contributed by atoms with Crippen LogP contribution in [0.2, 0.25) is 0 Å². The quantitative estimate of drug-likeness (QED) is 0.0321. The zero-order valence-corrected chi connectivity index (χ0v) is 46.0. The molecule has 2 unspecified atom stereocenters. The van der Waals surface area contributed by atoms with Gasteiger partial charge in [-0.25, -0.2) is 0 Å². The number of unbranched alkanes of at least 4 members (excludes halogenated alkanes) is 37. The maximum atomic E-state index is 12.5. The largest absolute Gasteiger partial charge is 0.466 e. The minimum Gasteiger partial charge on any atom is -0.466 e. The predicted octanol–water partition coefficient (Wildman–Crippen LogP) is 19.0. The molecule has 0 saturated heterocycles. The molecule has 404 valence electrons. The number of amides is 1. The second kappa shape index (κ2) is 58.4. The summed E-state index contributed by atoms with van der Waals surface area (Å²) in [6.45, 7) is 4.88. The highest BCUT2D eigenvalue weighted by atomic mass is 16.5. The van der Waals surface area contributed by atoms with Crippen LogP contribution in [0, 0.1) is 0 Å². The summed E-state index contributed by atoms with van der Waals surface area (Å²) >= 11 is 0. The van der Waals surface area contributed by atoms with Crippen molar-refractivity contribution in [1.29, 1.82) is 0 Å². The van der Waals surface area contributed by atoms with Gasteiger partial charge in [0.25, 0.3) is 0 Å². The third kappa shape index (κ3) is 55.0. The third-order valence-corrected chi connectivity index (χ3v) is 13.8. The molecule has 0 rings (SSSR count). The fourth-order valence-corrected chi connectivity index (χ4v) is 9.18. The first kappa shape index (κ1) is 66.8. The molecule has 0 aliphatic carbocycles. The molecule has 6 heteroatoms. The number of hydrogen-bond donors (Lipinski definition) is 3. The summed E-state index contributed by atoms with van der Waals surface area (Å²) in [7, 11) is 0. The van der Waals surface area contributed by atoms with Crippen LogP contribution in [0.4, 0.5) is 0 Å². The molecule has 6 nitrogen and oxygen atoms in total. The highest BCUT2D eigenvalue weighted by Gasteiger charge is 2.20. The van der Waals surface area contributed by atoms with Crippen molar-refractivity contribution in [2.24, 2.45) is 0 Å². The topological polar surface area (TPSA) is 95.9 Å². The Morgan fingerprint density at radius 3 is 1.16 bits per heavy atom. The monoisotopic (exact) mass is 968 g/mol. The van der Waals surface area contributed by atoms with Crippen molar-refractivity contribution in [3.05, 3.63) is 48.6 Å². The van der Waals surface area contributed by atoms with Crippen LogP contribution in [0.5, 0.6) is 0 Å². The maximum Gasteiger partial charge on any atom is 0.305 e. The van der Waals surface area contributed by atoms with Gasteiger partial charge in [0.05, 0.1) is 25.4 Å². The Hall–Kier alpha value is -2.18. The standard InChI is InChI=1S/C63H117NO5/c1-3-5-7-9-11-13-15-32-37-41-45-49-53-57-63(68)69-58-54-50-46-42-38-34-31-29-27-25-23-21-19-17-18-20-22-24-26-28-30-33-36-40-44-48-52-56-62(67)64-60(59-65)61(66)55-51-47-43-39-35-16-14-12-10-8-6-4-2/h7,9,13,15,17-18,21,23,60-61,65-66H,3-6,8,10-12,14,16,19-20,22,24-59H2,1-2H3,(H,64,67)/b9-7-,15-13-,18-17-,23-21-. The third-order valence-electron chi connectivity index (χ3n) is 13.8. The Balaban J connectivity index is 3.42. The van der Waals surface area contributed by atoms with Gasteiger partial charge in [-0.1, -0.05) is 268 Å². The molecular formula is C63H117NO5. The highest BCUT2D eigenvalue weighted by Crippen LogP contribution is 2.17. The van der Waals surface area contributed by atoms with Crippen molar-refractivity contribution in [2.45, 2.75) is 328 Å². The summed E-state index contributed by atoms with van der Waals surface area (Å²) in [5, 5.41) is 23.2. The number of ether oxygens (including phenoxy) is 1. The summed E-state index contributed by atoms with van der Waals surface area (Å²) in [5.41, 5.74) is 0. The lowest BCUT2D eigenvalue weighted by Gasteiger charge is -2.22. The molecule has 69 heavy (non-hydrogen) atoms. The van der Waals surface area contributed by atoms with E-state index in [-0.39, 0.29) is 18.5 Å². The molecule has 0 radical (unpaired) electrons. The molecule has 0 aliphatic rings. The maximum absolute atomic E-state index is 12.5. The minimum absolute atomic E-state index is 0.00521. The molecule has 0 aromatic rings. The molecule has 0 aromatic heterocycles. The Morgan fingerprint density at radius 1 is 0.406 bits per heavy atom. The molecular weight excluding hydrogens is 851 g/mol. The van der Waals surface area contributed by atoms with Crippen LogP contribution in [0.1, 0.15) is 316 Å². The van der Waals surface area contributed by atoms with Gasteiger partial charge >= 0.3 is 5.97 Å². The average molecular weight is 969 g/mol. The Kier molecular flexibility index (Phi) is 56.5. The van der Waals surface area contributed by atoms with Crippen molar-refractivity contribution in [2.75, 3.05) is 13.2 Å². The van der Waals surface area contributed by atoms with Crippen molar-refractivity contribution in [3.63, 3.8) is 0 Å². The number of esters is 1. The number of nitrogens with one attached hydrogen (secondary N) is 1. The normalized spacial score (nSPS) is 12.9. The second-order valence-electron chi connectivity index (χ2n) is 20.7. The zero-order valence-electron chi connectivity index (χ0n) is 46.0. The van der Waals surface area contributed by atoms with Crippen molar-refractivity contribution in [1.82, 2.24) is 5.32 Å². The number of carbonyl (C=O) groups excluding carboxylic acids is 2. The lowest BCUT2D eigenvalue weighted by atomic mass is 10.0. The van der Waals surface area contributed by atoms with E-state index in [2.05, 4.69) is 67.8 Å². The Morgan fingerprint density at radius 2 is 0.754 bits per heavy atom. The van der Waals surface area contributed by atoms with Crippen molar-refractivity contribution < 1.29 is 24.5 Å². The molecule has 0 aromatic carbocycles. The fourth-order valence-electron chi connectivity index (χ4n) is 9.18. The summed E-state index contributed by atoms with van der Waals surface area (Å²) in [5.74, 6) is -0.0439. The minimum atomic E-state index is -0.666. The molecule has 0 spiro atoms. The molecule has 0 fully saturated rings. The van der Waals surface area contributed by atoms with Crippen LogP contribution in [0.15, 0.2) is 48.6 Å². The van der Waals surface area contributed by atoms with Crippen LogP contribution in [0.25, 0.3) is 0 Å². The van der Waals surface area contributed by atoms with Gasteiger partial charge in [0.15, 0.2) is 0 Å². The highest BCUT2D eigenvalue weighted by molar-refractivity contribution is 5.76. The van der Waals surface area contributed by atoms with Crippen molar-refractivity contribution >= 4 is 11.9 Å². The van der Waals surface area contributed by atoms with Gasteiger partial charge in [-0.05, 0) is 83.5 Å².